The van der Waals surface area contributed by atoms with E-state index in [1.807, 2.05) is 32.2 Å². The summed E-state index contributed by atoms with van der Waals surface area (Å²) in [6.45, 7) is 6.32. The molecule has 1 atom stereocenters. The predicted octanol–water partition coefficient (Wildman–Crippen LogP) is 4.08. The first-order valence-corrected chi connectivity index (χ1v) is 6.54. The number of aryl methyl sites for hydroxylation is 1. The minimum Gasteiger partial charge on any atom is -0.349 e. The summed E-state index contributed by atoms with van der Waals surface area (Å²) in [5.41, 5.74) is 2.10. The summed E-state index contributed by atoms with van der Waals surface area (Å²) in [4.78, 5) is 2.07. The van der Waals surface area contributed by atoms with Crippen molar-refractivity contribution in [3.8, 4) is 0 Å². The Bertz CT molecular complexity index is 406. The number of hydrogen-bond acceptors (Lipinski definition) is 1. The molecule has 0 saturated carbocycles. The average molecular weight is 271 g/mol. The zero-order chi connectivity index (χ0) is 13.0. The highest BCUT2D eigenvalue weighted by molar-refractivity contribution is 7.80. The van der Waals surface area contributed by atoms with Gasteiger partial charge in [-0.3, -0.25) is 0 Å². The van der Waals surface area contributed by atoms with Crippen molar-refractivity contribution in [3.63, 3.8) is 0 Å². The van der Waals surface area contributed by atoms with Crippen LogP contribution in [0, 0.1) is 6.92 Å². The van der Waals surface area contributed by atoms with Crippen molar-refractivity contribution in [1.82, 2.24) is 4.90 Å². The lowest BCUT2D eigenvalue weighted by molar-refractivity contribution is 0.386. The van der Waals surface area contributed by atoms with Crippen LogP contribution >= 0.6 is 23.8 Å². The van der Waals surface area contributed by atoms with Gasteiger partial charge in [0.05, 0.1) is 0 Å². The Morgan fingerprint density at radius 1 is 1.53 bits per heavy atom. The first-order chi connectivity index (χ1) is 7.95. The topological polar surface area (TPSA) is 15.3 Å². The fourth-order valence-electron chi connectivity index (χ4n) is 1.44. The quantitative estimate of drug-likeness (QED) is 0.834. The van der Waals surface area contributed by atoms with E-state index < -0.39 is 0 Å². The monoisotopic (exact) mass is 270 g/mol. The van der Waals surface area contributed by atoms with Gasteiger partial charge in [0.15, 0.2) is 5.11 Å². The number of anilines is 1. The molecule has 17 heavy (non-hydrogen) atoms. The normalized spacial score (nSPS) is 12.1. The molecule has 4 heteroatoms. The van der Waals surface area contributed by atoms with Gasteiger partial charge in [-0.25, -0.2) is 0 Å². The van der Waals surface area contributed by atoms with E-state index in [0.29, 0.717) is 6.04 Å². The second-order valence-electron chi connectivity index (χ2n) is 4.26. The van der Waals surface area contributed by atoms with E-state index in [0.717, 1.165) is 27.8 Å². The molecular weight excluding hydrogens is 252 g/mol. The summed E-state index contributed by atoms with van der Waals surface area (Å²) in [5, 5.41) is 4.74. The maximum absolute atomic E-state index is 5.92. The number of nitrogens with zero attached hydrogens (tertiary/aromatic N) is 1. The van der Waals surface area contributed by atoms with Crippen LogP contribution in [0.3, 0.4) is 0 Å². The molecule has 0 radical (unpaired) electrons. The summed E-state index contributed by atoms with van der Waals surface area (Å²) >= 11 is 11.3. The molecular formula is C13H19ClN2S. The number of nitrogens with one attached hydrogen (secondary N) is 1. The molecule has 0 amide bonds. The predicted molar refractivity (Wildman–Crippen MR) is 79.9 cm³/mol. The molecule has 1 unspecified atom stereocenters. The maximum atomic E-state index is 5.92. The number of benzene rings is 1. The van der Waals surface area contributed by atoms with Crippen LogP contribution in [0.1, 0.15) is 25.8 Å². The van der Waals surface area contributed by atoms with Gasteiger partial charge in [-0.15, -0.1) is 0 Å². The molecule has 2 nitrogen and oxygen atoms in total. The van der Waals surface area contributed by atoms with E-state index in [4.69, 9.17) is 23.8 Å². The summed E-state index contributed by atoms with van der Waals surface area (Å²) in [6, 6.07) is 6.18. The largest absolute Gasteiger partial charge is 0.349 e. The first-order valence-electron chi connectivity index (χ1n) is 5.75. The third kappa shape index (κ3) is 3.86. The fraction of sp³-hybridized carbons (Fsp3) is 0.462. The Labute approximate surface area is 114 Å². The molecule has 0 saturated heterocycles. The summed E-state index contributed by atoms with van der Waals surface area (Å²) in [5.74, 6) is 0. The zero-order valence-electron chi connectivity index (χ0n) is 10.7. The second kappa shape index (κ2) is 6.22. The lowest BCUT2D eigenvalue weighted by Crippen LogP contribution is -2.37. The zero-order valence-corrected chi connectivity index (χ0v) is 12.3. The smallest absolute Gasteiger partial charge is 0.173 e. The number of halogens is 1. The molecule has 0 bridgehead atoms. The standard InChI is InChI=1S/C13H19ClN2S/c1-5-10(3)16(4)13(17)15-12-7-6-11(14)8-9(12)2/h6-8,10H,5H2,1-4H3,(H,15,17). The van der Waals surface area contributed by atoms with Crippen molar-refractivity contribution in [2.75, 3.05) is 12.4 Å². The van der Waals surface area contributed by atoms with Crippen molar-refractivity contribution >= 4 is 34.6 Å². The van der Waals surface area contributed by atoms with Crippen LogP contribution in [0.4, 0.5) is 5.69 Å². The van der Waals surface area contributed by atoms with Crippen LogP contribution in [0.15, 0.2) is 18.2 Å². The van der Waals surface area contributed by atoms with Crippen LogP contribution in [0.25, 0.3) is 0 Å². The van der Waals surface area contributed by atoms with Crippen molar-refractivity contribution < 1.29 is 0 Å². The van der Waals surface area contributed by atoms with Crippen LogP contribution in [-0.2, 0) is 0 Å². The molecule has 0 aliphatic carbocycles. The van der Waals surface area contributed by atoms with Gasteiger partial charge in [0.25, 0.3) is 0 Å². The van der Waals surface area contributed by atoms with E-state index in [1.54, 1.807) is 0 Å². The molecule has 94 valence electrons. The number of thiocarbonyl (C=S) groups is 1. The van der Waals surface area contributed by atoms with E-state index in [2.05, 4.69) is 24.1 Å². The average Bonchev–Trinajstić information content (AvgIpc) is 2.30. The lowest BCUT2D eigenvalue weighted by Gasteiger charge is -2.27. The van der Waals surface area contributed by atoms with Crippen LogP contribution in [0.2, 0.25) is 5.02 Å². The SMILES string of the molecule is CCC(C)N(C)C(=S)Nc1ccc(Cl)cc1C. The first kappa shape index (κ1) is 14.3. The van der Waals surface area contributed by atoms with Crippen molar-refractivity contribution in [2.24, 2.45) is 0 Å². The molecule has 0 aliphatic rings. The molecule has 0 heterocycles. The molecule has 0 fully saturated rings. The molecule has 0 aliphatic heterocycles. The Hall–Kier alpha value is -0.800. The van der Waals surface area contributed by atoms with Crippen LogP contribution in [-0.4, -0.2) is 23.1 Å². The highest BCUT2D eigenvalue weighted by Crippen LogP contribution is 2.20. The third-order valence-corrected chi connectivity index (χ3v) is 3.63. The summed E-state index contributed by atoms with van der Waals surface area (Å²) < 4.78 is 0. The minimum atomic E-state index is 0.433. The van der Waals surface area contributed by atoms with Crippen molar-refractivity contribution in [2.45, 2.75) is 33.2 Å². The van der Waals surface area contributed by atoms with Gasteiger partial charge in [-0.05, 0) is 56.2 Å². The Morgan fingerprint density at radius 2 is 2.18 bits per heavy atom. The number of hydrogen-bond donors (Lipinski definition) is 1. The molecule has 0 aromatic heterocycles. The second-order valence-corrected chi connectivity index (χ2v) is 5.08. The van der Waals surface area contributed by atoms with E-state index in [-0.39, 0.29) is 0 Å². The van der Waals surface area contributed by atoms with E-state index in [9.17, 15) is 0 Å². The highest BCUT2D eigenvalue weighted by Gasteiger charge is 2.11. The van der Waals surface area contributed by atoms with Gasteiger partial charge in [0.2, 0.25) is 0 Å². The Kier molecular flexibility index (Phi) is 5.22. The highest BCUT2D eigenvalue weighted by atomic mass is 35.5. The van der Waals surface area contributed by atoms with Gasteiger partial charge in [-0.2, -0.15) is 0 Å². The van der Waals surface area contributed by atoms with Gasteiger partial charge in [0.1, 0.15) is 0 Å². The summed E-state index contributed by atoms with van der Waals surface area (Å²) in [7, 11) is 2.01. The van der Waals surface area contributed by atoms with Gasteiger partial charge in [-0.1, -0.05) is 18.5 Å². The molecule has 1 N–H and O–H groups in total. The Morgan fingerprint density at radius 3 is 2.71 bits per heavy atom. The van der Waals surface area contributed by atoms with Crippen molar-refractivity contribution in [3.05, 3.63) is 28.8 Å². The number of rotatable bonds is 3. The van der Waals surface area contributed by atoms with Crippen molar-refractivity contribution in [1.29, 1.82) is 0 Å². The van der Waals surface area contributed by atoms with Crippen LogP contribution < -0.4 is 5.32 Å². The fourth-order valence-corrected chi connectivity index (χ4v) is 1.96. The molecule has 1 aromatic carbocycles. The summed E-state index contributed by atoms with van der Waals surface area (Å²) in [6.07, 6.45) is 1.07. The molecule has 0 spiro atoms. The Balaban J connectivity index is 2.74. The molecule has 1 aromatic rings. The van der Waals surface area contributed by atoms with Gasteiger partial charge in [0, 0.05) is 23.8 Å². The molecule has 1 rings (SSSR count). The van der Waals surface area contributed by atoms with Crippen LogP contribution in [0.5, 0.6) is 0 Å². The lowest BCUT2D eigenvalue weighted by atomic mass is 10.2. The van der Waals surface area contributed by atoms with E-state index in [1.165, 1.54) is 0 Å². The third-order valence-electron chi connectivity index (χ3n) is 3.00. The van der Waals surface area contributed by atoms with Gasteiger partial charge >= 0.3 is 0 Å². The minimum absolute atomic E-state index is 0.433. The van der Waals surface area contributed by atoms with Gasteiger partial charge < -0.3 is 10.2 Å². The van der Waals surface area contributed by atoms with E-state index >= 15 is 0 Å². The maximum Gasteiger partial charge on any atom is 0.173 e.